The van der Waals surface area contributed by atoms with Crippen LogP contribution in [0.5, 0.6) is 11.6 Å². The van der Waals surface area contributed by atoms with Gasteiger partial charge in [0.1, 0.15) is 5.82 Å². The third-order valence-corrected chi connectivity index (χ3v) is 2.70. The molecular weight excluding hydrogens is 304 g/mol. The number of nitro benzene ring substituents is 1. The van der Waals surface area contributed by atoms with E-state index in [-0.39, 0.29) is 22.3 Å². The Labute approximate surface area is 122 Å². The van der Waals surface area contributed by atoms with Gasteiger partial charge in [0.25, 0.3) is 5.69 Å². The average molecular weight is 311 g/mol. The van der Waals surface area contributed by atoms with Gasteiger partial charge in [0, 0.05) is 12.1 Å². The van der Waals surface area contributed by atoms with Crippen molar-refractivity contribution in [2.45, 2.75) is 0 Å². The van der Waals surface area contributed by atoms with E-state index < -0.39 is 21.4 Å². The number of hydrogen-bond donors (Lipinski definition) is 1. The second-order valence-electron chi connectivity index (χ2n) is 3.79. The van der Waals surface area contributed by atoms with E-state index in [0.717, 1.165) is 12.1 Å². The maximum absolute atomic E-state index is 10.9. The zero-order valence-corrected chi connectivity index (χ0v) is 11.0. The molecule has 0 saturated heterocycles. The number of halogens is 1. The molecule has 0 unspecified atom stereocenters. The lowest BCUT2D eigenvalue weighted by atomic mass is 10.3. The van der Waals surface area contributed by atoms with E-state index >= 15 is 0 Å². The number of non-ortho nitro benzene ring substituents is 1. The predicted molar refractivity (Wildman–Crippen MR) is 73.5 cm³/mol. The maximum Gasteiger partial charge on any atom is 0.331 e. The fourth-order valence-corrected chi connectivity index (χ4v) is 1.61. The van der Waals surface area contributed by atoms with Crippen LogP contribution in [0.25, 0.3) is 0 Å². The first-order valence-corrected chi connectivity index (χ1v) is 5.79. The van der Waals surface area contributed by atoms with Crippen LogP contribution in [0.4, 0.5) is 17.2 Å². The molecule has 0 radical (unpaired) electrons. The molecule has 0 amide bonds. The first kappa shape index (κ1) is 14.5. The summed E-state index contributed by atoms with van der Waals surface area (Å²) >= 11 is 5.85. The van der Waals surface area contributed by atoms with Gasteiger partial charge in [0.05, 0.1) is 20.9 Å². The molecule has 0 atom stereocenters. The molecule has 1 aromatic heterocycles. The second kappa shape index (κ2) is 5.59. The number of pyridine rings is 1. The number of nitro groups is 2. The van der Waals surface area contributed by atoms with Gasteiger partial charge in [0.15, 0.2) is 5.75 Å². The van der Waals surface area contributed by atoms with Crippen molar-refractivity contribution in [2.75, 3.05) is 5.73 Å². The highest BCUT2D eigenvalue weighted by Gasteiger charge is 2.20. The van der Waals surface area contributed by atoms with Gasteiger partial charge in [-0.05, 0) is 12.1 Å². The minimum Gasteiger partial charge on any atom is -0.432 e. The molecule has 0 aliphatic rings. The third kappa shape index (κ3) is 3.15. The van der Waals surface area contributed by atoms with Crippen LogP contribution in [-0.4, -0.2) is 14.8 Å². The van der Waals surface area contributed by atoms with Crippen LogP contribution in [0.1, 0.15) is 0 Å². The summed E-state index contributed by atoms with van der Waals surface area (Å²) in [5, 5.41) is 21.6. The van der Waals surface area contributed by atoms with Crippen molar-refractivity contribution >= 4 is 28.8 Å². The van der Waals surface area contributed by atoms with Crippen molar-refractivity contribution in [3.8, 4) is 11.6 Å². The lowest BCUT2D eigenvalue weighted by molar-refractivity contribution is -0.386. The zero-order chi connectivity index (χ0) is 15.6. The van der Waals surface area contributed by atoms with Gasteiger partial charge < -0.3 is 10.5 Å². The van der Waals surface area contributed by atoms with E-state index in [1.807, 2.05) is 0 Å². The Morgan fingerprint density at radius 2 is 1.86 bits per heavy atom. The van der Waals surface area contributed by atoms with E-state index in [1.54, 1.807) is 0 Å². The molecule has 21 heavy (non-hydrogen) atoms. The Balaban J connectivity index is 2.47. The first-order valence-electron chi connectivity index (χ1n) is 5.41. The Morgan fingerprint density at radius 1 is 1.14 bits per heavy atom. The van der Waals surface area contributed by atoms with E-state index in [0.29, 0.717) is 0 Å². The maximum atomic E-state index is 10.9. The molecule has 0 bridgehead atoms. The molecule has 9 nitrogen and oxygen atoms in total. The highest BCUT2D eigenvalue weighted by molar-refractivity contribution is 6.32. The summed E-state index contributed by atoms with van der Waals surface area (Å²) in [6.45, 7) is 0. The Hall–Kier alpha value is -2.94. The lowest BCUT2D eigenvalue weighted by Gasteiger charge is -2.07. The molecule has 108 valence electrons. The summed E-state index contributed by atoms with van der Waals surface area (Å²) in [6.07, 6.45) is 0. The molecule has 0 aliphatic heterocycles. The summed E-state index contributed by atoms with van der Waals surface area (Å²) in [7, 11) is 0. The number of benzene rings is 1. The number of aromatic nitrogens is 1. The molecule has 0 spiro atoms. The van der Waals surface area contributed by atoms with Gasteiger partial charge in [-0.2, -0.15) is 4.98 Å². The van der Waals surface area contributed by atoms with Crippen LogP contribution in [0.3, 0.4) is 0 Å². The topological polar surface area (TPSA) is 134 Å². The number of ether oxygens (including phenoxy) is 1. The predicted octanol–water partition coefficient (Wildman–Crippen LogP) is 2.93. The SMILES string of the molecule is Nc1ccc([N+](=O)[O-])c(Oc2cc([N+](=O)[O-])ccc2Cl)n1. The van der Waals surface area contributed by atoms with Crippen molar-refractivity contribution in [3.05, 3.63) is 55.6 Å². The van der Waals surface area contributed by atoms with Crippen molar-refractivity contribution in [1.29, 1.82) is 0 Å². The van der Waals surface area contributed by atoms with Crippen molar-refractivity contribution in [2.24, 2.45) is 0 Å². The monoisotopic (exact) mass is 310 g/mol. The van der Waals surface area contributed by atoms with E-state index in [1.165, 1.54) is 18.2 Å². The van der Waals surface area contributed by atoms with Gasteiger partial charge in [-0.25, -0.2) is 0 Å². The van der Waals surface area contributed by atoms with Gasteiger partial charge in [-0.15, -0.1) is 0 Å². The van der Waals surface area contributed by atoms with Crippen molar-refractivity contribution in [1.82, 2.24) is 4.98 Å². The molecule has 0 fully saturated rings. The normalized spacial score (nSPS) is 10.1. The molecule has 1 aromatic carbocycles. The van der Waals surface area contributed by atoms with Gasteiger partial charge in [0.2, 0.25) is 0 Å². The summed E-state index contributed by atoms with van der Waals surface area (Å²) in [5.74, 6) is -0.536. The summed E-state index contributed by atoms with van der Waals surface area (Å²) in [4.78, 5) is 23.9. The van der Waals surface area contributed by atoms with Gasteiger partial charge in [-0.1, -0.05) is 11.6 Å². The summed E-state index contributed by atoms with van der Waals surface area (Å²) in [6, 6.07) is 5.81. The highest BCUT2D eigenvalue weighted by Crippen LogP contribution is 2.35. The molecular formula is C11H7ClN4O5. The lowest BCUT2D eigenvalue weighted by Crippen LogP contribution is -1.99. The van der Waals surface area contributed by atoms with E-state index in [9.17, 15) is 20.2 Å². The number of hydrogen-bond acceptors (Lipinski definition) is 7. The molecule has 2 N–H and O–H groups in total. The Morgan fingerprint density at radius 3 is 2.48 bits per heavy atom. The molecule has 2 rings (SSSR count). The van der Waals surface area contributed by atoms with Crippen LogP contribution >= 0.6 is 11.6 Å². The van der Waals surface area contributed by atoms with Crippen LogP contribution in [0.15, 0.2) is 30.3 Å². The first-order chi connectivity index (χ1) is 9.88. The van der Waals surface area contributed by atoms with E-state index in [2.05, 4.69) is 4.98 Å². The molecule has 10 heteroatoms. The standard InChI is InChI=1S/C11H7ClN4O5/c12-7-2-1-6(15(17)18)5-9(7)21-11-8(16(19)20)3-4-10(13)14-11/h1-5H,(H2,13,14). The van der Waals surface area contributed by atoms with E-state index in [4.69, 9.17) is 22.1 Å². The van der Waals surface area contributed by atoms with Crippen LogP contribution in [-0.2, 0) is 0 Å². The highest BCUT2D eigenvalue weighted by atomic mass is 35.5. The average Bonchev–Trinajstić information content (AvgIpc) is 2.40. The number of rotatable bonds is 4. The van der Waals surface area contributed by atoms with Crippen LogP contribution < -0.4 is 10.5 Å². The summed E-state index contributed by atoms with van der Waals surface area (Å²) < 4.78 is 5.20. The van der Waals surface area contributed by atoms with Crippen LogP contribution in [0, 0.1) is 20.2 Å². The smallest absolute Gasteiger partial charge is 0.331 e. The van der Waals surface area contributed by atoms with Crippen LogP contribution in [0.2, 0.25) is 5.02 Å². The van der Waals surface area contributed by atoms with Gasteiger partial charge in [-0.3, -0.25) is 20.2 Å². The fourth-order valence-electron chi connectivity index (χ4n) is 1.45. The largest absolute Gasteiger partial charge is 0.432 e. The number of nitrogens with two attached hydrogens (primary N) is 1. The Bertz CT molecular complexity index is 737. The number of nitrogens with zero attached hydrogens (tertiary/aromatic N) is 3. The number of nitrogen functional groups attached to an aromatic ring is 1. The second-order valence-corrected chi connectivity index (χ2v) is 4.20. The third-order valence-electron chi connectivity index (χ3n) is 2.39. The zero-order valence-electron chi connectivity index (χ0n) is 10.2. The minimum atomic E-state index is -0.715. The quantitative estimate of drug-likeness (QED) is 0.677. The molecule has 0 saturated carbocycles. The van der Waals surface area contributed by atoms with Crippen molar-refractivity contribution in [3.63, 3.8) is 0 Å². The number of anilines is 1. The fraction of sp³-hybridized carbons (Fsp3) is 0. The molecule has 0 aliphatic carbocycles. The molecule has 1 heterocycles. The minimum absolute atomic E-state index is 0.00264. The van der Waals surface area contributed by atoms with Gasteiger partial charge >= 0.3 is 11.6 Å². The summed E-state index contributed by atoms with van der Waals surface area (Å²) in [5.41, 5.74) is 4.73. The molecule has 2 aromatic rings. The van der Waals surface area contributed by atoms with Crippen molar-refractivity contribution < 1.29 is 14.6 Å². The Kier molecular flexibility index (Phi) is 3.85.